The topological polar surface area (TPSA) is 18.5 Å². The van der Waals surface area contributed by atoms with Crippen LogP contribution in [0, 0.1) is 0 Å². The van der Waals surface area contributed by atoms with Crippen molar-refractivity contribution in [1.82, 2.24) is 0 Å². The molecule has 2 aromatic carbocycles. The molecule has 0 radical (unpaired) electrons. The third-order valence-corrected chi connectivity index (χ3v) is 5.30. The Morgan fingerprint density at radius 3 is 2.43 bits per heavy atom. The number of halogens is 3. The van der Waals surface area contributed by atoms with E-state index in [9.17, 15) is 0 Å². The second-order valence-electron chi connectivity index (χ2n) is 4.44. The second kappa shape index (κ2) is 6.57. The molecule has 0 aliphatic carbocycles. The van der Waals surface area contributed by atoms with E-state index in [2.05, 4.69) is 0 Å². The van der Waals surface area contributed by atoms with E-state index in [4.69, 9.17) is 44.3 Å². The van der Waals surface area contributed by atoms with Crippen LogP contribution in [0.5, 0.6) is 11.5 Å². The maximum absolute atomic E-state index is 6.23. The Morgan fingerprint density at radius 1 is 0.952 bits per heavy atom. The van der Waals surface area contributed by atoms with Crippen LogP contribution >= 0.6 is 46.6 Å². The number of ether oxygens (including phenoxy) is 2. The largest absolute Gasteiger partial charge is 0.486 e. The van der Waals surface area contributed by atoms with Gasteiger partial charge < -0.3 is 9.47 Å². The molecule has 0 saturated heterocycles. The molecule has 0 atom stereocenters. The molecule has 2 nitrogen and oxygen atoms in total. The van der Waals surface area contributed by atoms with Crippen molar-refractivity contribution in [2.24, 2.45) is 0 Å². The summed E-state index contributed by atoms with van der Waals surface area (Å²) in [4.78, 5) is 0.867. The normalized spacial score (nSPS) is 13.3. The first-order valence-corrected chi connectivity index (χ1v) is 8.42. The first-order chi connectivity index (χ1) is 10.1. The Morgan fingerprint density at radius 2 is 1.67 bits per heavy atom. The Hall–Kier alpha value is -0.740. The molecular weight excluding hydrogens is 351 g/mol. The van der Waals surface area contributed by atoms with Crippen molar-refractivity contribution in [2.75, 3.05) is 13.2 Å². The Balaban J connectivity index is 1.81. The van der Waals surface area contributed by atoms with Gasteiger partial charge in [0.05, 0.1) is 15.1 Å². The molecule has 2 aromatic rings. The molecule has 0 fully saturated rings. The van der Waals surface area contributed by atoms with Gasteiger partial charge in [0.15, 0.2) is 11.5 Å². The van der Waals surface area contributed by atoms with Gasteiger partial charge in [-0.1, -0.05) is 40.9 Å². The predicted octanol–water partition coefficient (Wildman–Crippen LogP) is 5.71. The lowest BCUT2D eigenvalue weighted by Crippen LogP contribution is -2.15. The quantitative estimate of drug-likeness (QED) is 0.652. The molecule has 0 aromatic heterocycles. The van der Waals surface area contributed by atoms with E-state index in [0.717, 1.165) is 10.5 Å². The zero-order chi connectivity index (χ0) is 14.8. The summed E-state index contributed by atoms with van der Waals surface area (Å²) in [6, 6.07) is 9.31. The highest BCUT2D eigenvalue weighted by molar-refractivity contribution is 7.98. The first kappa shape index (κ1) is 15.2. The van der Waals surface area contributed by atoms with Crippen LogP contribution < -0.4 is 9.47 Å². The standard InChI is InChI=1S/C15H11Cl3O2S/c16-10-2-1-3-11(17)15(10)21-8-9-6-12(18)14-13(7-9)19-4-5-20-14/h1-3,6-7H,4-5,8H2. The molecular formula is C15H11Cl3O2S. The summed E-state index contributed by atoms with van der Waals surface area (Å²) in [5.74, 6) is 2.00. The summed E-state index contributed by atoms with van der Waals surface area (Å²) in [5.41, 5.74) is 1.03. The van der Waals surface area contributed by atoms with Crippen molar-refractivity contribution >= 4 is 46.6 Å². The van der Waals surface area contributed by atoms with E-state index in [1.165, 1.54) is 0 Å². The maximum Gasteiger partial charge on any atom is 0.179 e. The Labute approximate surface area is 142 Å². The number of rotatable bonds is 3. The summed E-state index contributed by atoms with van der Waals surface area (Å²) >= 11 is 20.1. The minimum Gasteiger partial charge on any atom is -0.486 e. The molecule has 21 heavy (non-hydrogen) atoms. The van der Waals surface area contributed by atoms with Crippen LogP contribution in [0.3, 0.4) is 0 Å². The van der Waals surface area contributed by atoms with Gasteiger partial charge in [-0.3, -0.25) is 0 Å². The lowest BCUT2D eigenvalue weighted by molar-refractivity contribution is 0.171. The Bertz CT molecular complexity index is 656. The van der Waals surface area contributed by atoms with E-state index in [1.54, 1.807) is 11.8 Å². The zero-order valence-corrected chi connectivity index (χ0v) is 14.0. The van der Waals surface area contributed by atoms with Crippen LogP contribution in [-0.2, 0) is 5.75 Å². The van der Waals surface area contributed by atoms with Gasteiger partial charge in [0, 0.05) is 10.6 Å². The zero-order valence-electron chi connectivity index (χ0n) is 10.9. The van der Waals surface area contributed by atoms with Crippen LogP contribution in [0.4, 0.5) is 0 Å². The lowest BCUT2D eigenvalue weighted by atomic mass is 10.2. The minimum absolute atomic E-state index is 0.524. The van der Waals surface area contributed by atoms with Crippen molar-refractivity contribution in [3.05, 3.63) is 51.0 Å². The van der Waals surface area contributed by atoms with Gasteiger partial charge in [-0.25, -0.2) is 0 Å². The van der Waals surface area contributed by atoms with Crippen LogP contribution in [-0.4, -0.2) is 13.2 Å². The average Bonchev–Trinajstić information content (AvgIpc) is 2.47. The molecule has 1 aliphatic heterocycles. The van der Waals surface area contributed by atoms with Gasteiger partial charge in [-0.15, -0.1) is 11.8 Å². The van der Waals surface area contributed by atoms with Crippen LogP contribution in [0.25, 0.3) is 0 Å². The SMILES string of the molecule is Clc1cc(CSc2c(Cl)cccc2Cl)cc2c1OCCO2. The summed E-state index contributed by atoms with van der Waals surface area (Å²) in [6.45, 7) is 1.06. The van der Waals surface area contributed by atoms with Gasteiger partial charge in [-0.05, 0) is 29.8 Å². The van der Waals surface area contributed by atoms with Crippen molar-refractivity contribution < 1.29 is 9.47 Å². The molecule has 1 aliphatic rings. The number of hydrogen-bond acceptors (Lipinski definition) is 3. The van der Waals surface area contributed by atoms with Gasteiger partial charge >= 0.3 is 0 Å². The van der Waals surface area contributed by atoms with Crippen molar-refractivity contribution in [3.8, 4) is 11.5 Å². The molecule has 0 spiro atoms. The van der Waals surface area contributed by atoms with Gasteiger partial charge in [-0.2, -0.15) is 0 Å². The molecule has 0 unspecified atom stereocenters. The van der Waals surface area contributed by atoms with E-state index in [0.29, 0.717) is 45.5 Å². The van der Waals surface area contributed by atoms with E-state index in [1.807, 2.05) is 30.3 Å². The smallest absolute Gasteiger partial charge is 0.179 e. The Kier molecular flexibility index (Phi) is 4.75. The molecule has 0 saturated carbocycles. The van der Waals surface area contributed by atoms with Crippen molar-refractivity contribution in [2.45, 2.75) is 10.6 Å². The molecule has 6 heteroatoms. The summed E-state index contributed by atoms with van der Waals surface area (Å²) in [6.07, 6.45) is 0. The molecule has 110 valence electrons. The third-order valence-electron chi connectivity index (χ3n) is 2.96. The number of benzene rings is 2. The minimum atomic E-state index is 0.524. The second-order valence-corrected chi connectivity index (χ2v) is 6.65. The summed E-state index contributed by atoms with van der Waals surface area (Å²) in [5, 5.41) is 1.86. The van der Waals surface area contributed by atoms with Crippen LogP contribution in [0.15, 0.2) is 35.2 Å². The number of hydrogen-bond donors (Lipinski definition) is 0. The monoisotopic (exact) mass is 360 g/mol. The lowest BCUT2D eigenvalue weighted by Gasteiger charge is -2.20. The predicted molar refractivity (Wildman–Crippen MR) is 88.5 cm³/mol. The fraction of sp³-hybridized carbons (Fsp3) is 0.200. The summed E-state index contributed by atoms with van der Waals surface area (Å²) in [7, 11) is 0. The highest BCUT2D eigenvalue weighted by Gasteiger charge is 2.17. The van der Waals surface area contributed by atoms with Crippen LogP contribution in [0.1, 0.15) is 5.56 Å². The van der Waals surface area contributed by atoms with Crippen molar-refractivity contribution in [1.29, 1.82) is 0 Å². The fourth-order valence-electron chi connectivity index (χ4n) is 2.02. The molecule has 3 rings (SSSR count). The van der Waals surface area contributed by atoms with Gasteiger partial charge in [0.2, 0.25) is 0 Å². The number of thioether (sulfide) groups is 1. The molecule has 0 N–H and O–H groups in total. The highest BCUT2D eigenvalue weighted by atomic mass is 35.5. The van der Waals surface area contributed by atoms with E-state index in [-0.39, 0.29) is 0 Å². The third kappa shape index (κ3) is 3.37. The first-order valence-electron chi connectivity index (χ1n) is 6.30. The van der Waals surface area contributed by atoms with Crippen LogP contribution in [0.2, 0.25) is 15.1 Å². The fourth-order valence-corrected chi connectivity index (χ4v) is 3.93. The molecule has 0 amide bonds. The van der Waals surface area contributed by atoms with Gasteiger partial charge in [0.1, 0.15) is 13.2 Å². The highest BCUT2D eigenvalue weighted by Crippen LogP contribution is 2.41. The summed E-state index contributed by atoms with van der Waals surface area (Å²) < 4.78 is 11.1. The number of fused-ring (bicyclic) bond motifs is 1. The van der Waals surface area contributed by atoms with E-state index >= 15 is 0 Å². The van der Waals surface area contributed by atoms with Gasteiger partial charge in [0.25, 0.3) is 0 Å². The molecule has 0 bridgehead atoms. The van der Waals surface area contributed by atoms with E-state index < -0.39 is 0 Å². The van der Waals surface area contributed by atoms with Crippen molar-refractivity contribution in [3.63, 3.8) is 0 Å². The maximum atomic E-state index is 6.23. The average molecular weight is 362 g/mol. The molecule has 1 heterocycles.